The predicted octanol–water partition coefficient (Wildman–Crippen LogP) is 3.98. The van der Waals surface area contributed by atoms with E-state index in [1.54, 1.807) is 6.07 Å². The Kier molecular flexibility index (Phi) is 4.18. The zero-order valence-corrected chi connectivity index (χ0v) is 12.6. The van der Waals surface area contributed by atoms with Crippen molar-refractivity contribution in [3.05, 3.63) is 29.0 Å². The Balaban J connectivity index is 1.86. The van der Waals surface area contributed by atoms with Crippen LogP contribution in [0.1, 0.15) is 38.5 Å². The van der Waals surface area contributed by atoms with E-state index in [0.29, 0.717) is 5.69 Å². The molecule has 0 amide bonds. The van der Waals surface area contributed by atoms with E-state index >= 15 is 0 Å². The average Bonchev–Trinajstić information content (AvgIpc) is 2.66. The third-order valence-electron chi connectivity index (χ3n) is 4.68. The van der Waals surface area contributed by atoms with Crippen molar-refractivity contribution in [1.29, 1.82) is 0 Å². The molecule has 1 saturated heterocycles. The van der Waals surface area contributed by atoms with Crippen LogP contribution >= 0.6 is 11.6 Å². The summed E-state index contributed by atoms with van der Waals surface area (Å²) >= 11 is 5.93. The van der Waals surface area contributed by atoms with Gasteiger partial charge in [0.2, 0.25) is 0 Å². The van der Waals surface area contributed by atoms with Crippen molar-refractivity contribution in [1.82, 2.24) is 5.32 Å². The second kappa shape index (κ2) is 5.90. The van der Waals surface area contributed by atoms with Crippen molar-refractivity contribution < 1.29 is 4.39 Å². The Morgan fingerprint density at radius 3 is 2.75 bits per heavy atom. The minimum atomic E-state index is -0.276. The van der Waals surface area contributed by atoms with Gasteiger partial charge in [-0.1, -0.05) is 36.9 Å². The van der Waals surface area contributed by atoms with Crippen molar-refractivity contribution >= 4 is 17.3 Å². The number of rotatable bonds is 1. The second-order valence-electron chi connectivity index (χ2n) is 6.12. The summed E-state index contributed by atoms with van der Waals surface area (Å²) in [6.45, 7) is 2.81. The normalized spacial score (nSPS) is 22.8. The minimum Gasteiger partial charge on any atom is -0.367 e. The molecule has 2 nitrogen and oxygen atoms in total. The molecule has 1 heterocycles. The monoisotopic (exact) mass is 296 g/mol. The van der Waals surface area contributed by atoms with E-state index in [2.05, 4.69) is 10.2 Å². The van der Waals surface area contributed by atoms with E-state index in [1.807, 2.05) is 12.1 Å². The molecule has 1 aromatic carbocycles. The molecule has 1 saturated carbocycles. The van der Waals surface area contributed by atoms with Crippen LogP contribution in [-0.2, 0) is 0 Å². The van der Waals surface area contributed by atoms with Crippen LogP contribution in [0.3, 0.4) is 0 Å². The Bertz CT molecular complexity index is 472. The van der Waals surface area contributed by atoms with Gasteiger partial charge in [-0.2, -0.15) is 0 Å². The number of hydrogen-bond donors (Lipinski definition) is 1. The second-order valence-corrected chi connectivity index (χ2v) is 6.52. The zero-order chi connectivity index (χ0) is 14.0. The van der Waals surface area contributed by atoms with Gasteiger partial charge in [-0.05, 0) is 37.9 Å². The predicted molar refractivity (Wildman–Crippen MR) is 82.1 cm³/mol. The fourth-order valence-corrected chi connectivity index (χ4v) is 3.80. The molecule has 2 aliphatic rings. The van der Waals surface area contributed by atoms with Crippen molar-refractivity contribution in [2.75, 3.05) is 24.5 Å². The molecule has 0 aromatic heterocycles. The highest BCUT2D eigenvalue weighted by Crippen LogP contribution is 2.33. The molecule has 0 atom stereocenters. The van der Waals surface area contributed by atoms with Gasteiger partial charge in [-0.3, -0.25) is 0 Å². The standard InChI is InChI=1S/C16H22ClFN2/c17-13-6-4-7-14(15(13)18)20-11-5-10-19-16(12-20)8-2-1-3-9-16/h4,6-7,19H,1-3,5,8-12H2. The van der Waals surface area contributed by atoms with E-state index in [-0.39, 0.29) is 16.4 Å². The Labute approximate surface area is 125 Å². The first-order valence-corrected chi connectivity index (χ1v) is 8.02. The molecule has 110 valence electrons. The van der Waals surface area contributed by atoms with E-state index in [9.17, 15) is 4.39 Å². The SMILES string of the molecule is Fc1c(Cl)cccc1N1CCCNC2(CCCCC2)C1. The van der Waals surface area contributed by atoms with Crippen LogP contribution in [0.2, 0.25) is 5.02 Å². The first kappa shape index (κ1) is 14.2. The van der Waals surface area contributed by atoms with Crippen LogP contribution in [0, 0.1) is 5.82 Å². The summed E-state index contributed by atoms with van der Waals surface area (Å²) in [5, 5.41) is 3.95. The molecule has 1 aliphatic carbocycles. The molecule has 1 N–H and O–H groups in total. The van der Waals surface area contributed by atoms with E-state index in [0.717, 1.165) is 26.1 Å². The number of anilines is 1. The van der Waals surface area contributed by atoms with Crippen LogP contribution in [0.5, 0.6) is 0 Å². The molecule has 1 aliphatic heterocycles. The third-order valence-corrected chi connectivity index (χ3v) is 4.97. The molecule has 3 rings (SSSR count). The Morgan fingerprint density at radius 2 is 1.95 bits per heavy atom. The molecule has 0 unspecified atom stereocenters. The highest BCUT2D eigenvalue weighted by molar-refractivity contribution is 6.31. The quantitative estimate of drug-likeness (QED) is 0.843. The van der Waals surface area contributed by atoms with Crippen LogP contribution in [0.15, 0.2) is 18.2 Å². The molecule has 20 heavy (non-hydrogen) atoms. The van der Waals surface area contributed by atoms with Gasteiger partial charge >= 0.3 is 0 Å². The van der Waals surface area contributed by atoms with E-state index in [1.165, 1.54) is 32.1 Å². The van der Waals surface area contributed by atoms with Gasteiger partial charge in [-0.25, -0.2) is 4.39 Å². The van der Waals surface area contributed by atoms with Crippen LogP contribution in [-0.4, -0.2) is 25.2 Å². The van der Waals surface area contributed by atoms with Crippen LogP contribution < -0.4 is 10.2 Å². The summed E-state index contributed by atoms with van der Waals surface area (Å²) in [6.07, 6.45) is 7.33. The summed E-state index contributed by atoms with van der Waals surface area (Å²) in [7, 11) is 0. The Hall–Kier alpha value is -0.800. The first-order valence-electron chi connectivity index (χ1n) is 7.64. The number of halogens is 2. The average molecular weight is 297 g/mol. The molecule has 0 bridgehead atoms. The molecule has 2 fully saturated rings. The van der Waals surface area contributed by atoms with Crippen molar-refractivity contribution in [2.24, 2.45) is 0 Å². The fraction of sp³-hybridized carbons (Fsp3) is 0.625. The summed E-state index contributed by atoms with van der Waals surface area (Å²) in [6, 6.07) is 5.31. The fourth-order valence-electron chi connectivity index (χ4n) is 3.63. The summed E-state index contributed by atoms with van der Waals surface area (Å²) in [5.74, 6) is -0.276. The van der Waals surface area contributed by atoms with E-state index in [4.69, 9.17) is 11.6 Å². The summed E-state index contributed by atoms with van der Waals surface area (Å²) in [4.78, 5) is 2.19. The van der Waals surface area contributed by atoms with Gasteiger partial charge in [0.15, 0.2) is 5.82 Å². The van der Waals surface area contributed by atoms with E-state index < -0.39 is 0 Å². The van der Waals surface area contributed by atoms with Crippen LogP contribution in [0.25, 0.3) is 0 Å². The molecule has 1 aromatic rings. The molecule has 4 heteroatoms. The number of nitrogens with zero attached hydrogens (tertiary/aromatic N) is 1. The highest BCUT2D eigenvalue weighted by Gasteiger charge is 2.35. The Morgan fingerprint density at radius 1 is 1.15 bits per heavy atom. The van der Waals surface area contributed by atoms with Gasteiger partial charge < -0.3 is 10.2 Å². The lowest BCUT2D eigenvalue weighted by molar-refractivity contribution is 0.246. The maximum Gasteiger partial charge on any atom is 0.165 e. The third kappa shape index (κ3) is 2.79. The lowest BCUT2D eigenvalue weighted by atomic mass is 9.81. The maximum absolute atomic E-state index is 14.3. The van der Waals surface area contributed by atoms with Gasteiger partial charge in [0.25, 0.3) is 0 Å². The van der Waals surface area contributed by atoms with Crippen molar-refractivity contribution in [3.63, 3.8) is 0 Å². The van der Waals surface area contributed by atoms with Gasteiger partial charge in [0.05, 0.1) is 10.7 Å². The first-order chi connectivity index (χ1) is 9.70. The summed E-state index contributed by atoms with van der Waals surface area (Å²) < 4.78 is 14.3. The van der Waals surface area contributed by atoms with Crippen molar-refractivity contribution in [3.8, 4) is 0 Å². The minimum absolute atomic E-state index is 0.170. The topological polar surface area (TPSA) is 15.3 Å². The zero-order valence-electron chi connectivity index (χ0n) is 11.8. The number of benzene rings is 1. The largest absolute Gasteiger partial charge is 0.367 e. The number of nitrogens with one attached hydrogen (secondary N) is 1. The maximum atomic E-state index is 14.3. The van der Waals surface area contributed by atoms with Gasteiger partial charge in [0.1, 0.15) is 0 Å². The smallest absolute Gasteiger partial charge is 0.165 e. The molecular weight excluding hydrogens is 275 g/mol. The van der Waals surface area contributed by atoms with Crippen molar-refractivity contribution in [2.45, 2.75) is 44.1 Å². The summed E-state index contributed by atoms with van der Waals surface area (Å²) in [5.41, 5.74) is 0.829. The van der Waals surface area contributed by atoms with Gasteiger partial charge in [-0.15, -0.1) is 0 Å². The molecule has 1 spiro atoms. The van der Waals surface area contributed by atoms with Crippen LogP contribution in [0.4, 0.5) is 10.1 Å². The highest BCUT2D eigenvalue weighted by atomic mass is 35.5. The van der Waals surface area contributed by atoms with Gasteiger partial charge in [0, 0.05) is 18.6 Å². The number of hydrogen-bond acceptors (Lipinski definition) is 2. The lowest BCUT2D eigenvalue weighted by Crippen LogP contribution is -2.52. The molecular formula is C16H22ClFN2. The molecule has 0 radical (unpaired) electrons. The lowest BCUT2D eigenvalue weighted by Gasteiger charge is -2.40.